The SMILES string of the molecule is Cc1cc(C)c(B(c2ccc(-c3cc4c(s3)c3cc(-c5ccc(B(c6c(C)cc(C)cc6C)c6c(C)cc(C)cc6C)s5)sc3c3cc(-c5ccc(B(c6c(C)cc(C)cc6C)c6c(C)cc(C)cc6C)s5)sc43)s2)c2c(C)cc(C)cc2C)c(C)c1. The minimum absolute atomic E-state index is 0.137. The predicted octanol–water partition coefficient (Wildman–Crippen LogP) is 17.6. The van der Waals surface area contributed by atoms with Crippen molar-refractivity contribution in [1.29, 1.82) is 0 Å². The van der Waals surface area contributed by atoms with E-state index in [1.807, 2.05) is 68.0 Å². The van der Waals surface area contributed by atoms with Gasteiger partial charge in [0.1, 0.15) is 0 Å². The lowest BCUT2D eigenvalue weighted by molar-refractivity contribution is 1.34. The Morgan fingerprint density at radius 3 is 0.540 bits per heavy atom. The van der Waals surface area contributed by atoms with Crippen molar-refractivity contribution in [1.82, 2.24) is 0 Å². The minimum Gasteiger partial charge on any atom is -0.148 e. The lowest BCUT2D eigenvalue weighted by Crippen LogP contribution is -2.54. The topological polar surface area (TPSA) is 0 Å². The van der Waals surface area contributed by atoms with Crippen molar-refractivity contribution in [2.45, 2.75) is 125 Å². The smallest absolute Gasteiger partial charge is 0.148 e. The maximum atomic E-state index is 2.56. The Kier molecular flexibility index (Phi) is 15.7. The maximum Gasteiger partial charge on any atom is 0.255 e. The van der Waals surface area contributed by atoms with Gasteiger partial charge in [-0.2, -0.15) is 0 Å². The van der Waals surface area contributed by atoms with Gasteiger partial charge in [-0.05, 0) is 175 Å². The van der Waals surface area contributed by atoms with E-state index in [9.17, 15) is 0 Å². The first-order chi connectivity index (χ1) is 41.5. The van der Waals surface area contributed by atoms with Gasteiger partial charge in [0.25, 0.3) is 20.1 Å². The van der Waals surface area contributed by atoms with Crippen LogP contribution < -0.4 is 47.1 Å². The van der Waals surface area contributed by atoms with Crippen LogP contribution in [0.3, 0.4) is 0 Å². The quantitative estimate of drug-likeness (QED) is 0.107. The summed E-state index contributed by atoms with van der Waals surface area (Å²) in [5.41, 5.74) is 32.9. The van der Waals surface area contributed by atoms with Crippen molar-refractivity contribution in [3.63, 3.8) is 0 Å². The van der Waals surface area contributed by atoms with Crippen molar-refractivity contribution >= 4 is 166 Å². The van der Waals surface area contributed by atoms with Crippen LogP contribution in [0, 0.1) is 125 Å². The molecule has 0 unspecified atom stereocenters. The first-order valence-corrected chi connectivity index (χ1v) is 35.6. The monoisotopic (exact) mass is 1240 g/mol. The predicted molar refractivity (Wildman–Crippen MR) is 400 cm³/mol. The molecule has 0 saturated carbocycles. The van der Waals surface area contributed by atoms with Gasteiger partial charge in [0, 0.05) is 59.5 Å². The van der Waals surface area contributed by atoms with Crippen LogP contribution in [-0.2, 0) is 0 Å². The zero-order valence-electron chi connectivity index (χ0n) is 53.8. The molecule has 432 valence electrons. The summed E-state index contributed by atoms with van der Waals surface area (Å²) >= 11 is 12.0. The van der Waals surface area contributed by atoms with Gasteiger partial charge in [0.05, 0.1) is 0 Å². The van der Waals surface area contributed by atoms with E-state index in [0.717, 1.165) is 0 Å². The molecule has 0 atom stereocenters. The fourth-order valence-corrected chi connectivity index (χ4v) is 23.1. The molecule has 0 amide bonds. The van der Waals surface area contributed by atoms with Gasteiger partial charge >= 0.3 is 0 Å². The Morgan fingerprint density at radius 2 is 0.368 bits per heavy atom. The van der Waals surface area contributed by atoms with E-state index in [-0.39, 0.29) is 20.1 Å². The van der Waals surface area contributed by atoms with Gasteiger partial charge in [-0.25, -0.2) is 0 Å². The van der Waals surface area contributed by atoms with Crippen molar-refractivity contribution in [3.05, 3.63) is 228 Å². The summed E-state index contributed by atoms with van der Waals surface area (Å²) in [6.45, 7) is 41.7. The number of hydrogen-bond donors (Lipinski definition) is 0. The standard InChI is InChI=1S/C78H75B3S6/c1-40-25-46(7)70(47(8)26-40)79(71-48(9)27-41(2)28-49(71)10)67-22-19-61(82-67)64-37-58-76(85-64)59-38-65(62-20-23-68(83-62)80(72-50(11)29-42(3)30-51(72)12)73-52(13)31-43(4)32-53(73)14)87-78(59)60-39-66(86-77(58)60)63-21-24-69(84-63)81(74-54(15)33-44(5)34-55(74)16)75-56(17)35-45(6)36-57(75)18/h19-39H,1-18H3. The average Bonchev–Trinajstić information content (AvgIpc) is 1.62. The molecule has 0 aliphatic carbocycles. The summed E-state index contributed by atoms with van der Waals surface area (Å²) in [6, 6.07) is 50.9. The number of rotatable bonds is 12. The van der Waals surface area contributed by atoms with E-state index in [1.54, 1.807) is 0 Å². The third kappa shape index (κ3) is 10.6. The second-order valence-corrected chi connectivity index (χ2v) is 32.3. The van der Waals surface area contributed by atoms with Gasteiger partial charge < -0.3 is 0 Å². The first-order valence-electron chi connectivity index (χ1n) is 30.7. The van der Waals surface area contributed by atoms with E-state index in [2.05, 4.69) is 252 Å². The summed E-state index contributed by atoms with van der Waals surface area (Å²) in [5.74, 6) is 0. The van der Waals surface area contributed by atoms with Gasteiger partial charge in [-0.15, -0.1) is 68.0 Å². The van der Waals surface area contributed by atoms with Crippen molar-refractivity contribution in [3.8, 4) is 29.3 Å². The average molecular weight is 1240 g/mol. The largest absolute Gasteiger partial charge is 0.255 e. The van der Waals surface area contributed by atoms with Crippen LogP contribution in [0.4, 0.5) is 0 Å². The second-order valence-electron chi connectivity index (χ2n) is 25.8. The molecule has 0 spiro atoms. The molecule has 6 aromatic heterocycles. The molecule has 13 aromatic rings. The molecule has 0 aliphatic heterocycles. The van der Waals surface area contributed by atoms with E-state index in [1.165, 1.54) is 207 Å². The molecule has 87 heavy (non-hydrogen) atoms. The Bertz CT molecular complexity index is 4040. The Labute approximate surface area is 542 Å². The molecule has 0 nitrogen and oxygen atoms in total. The fraction of sp³-hybridized carbons (Fsp3) is 0.231. The molecular weight excluding hydrogens is 1160 g/mol. The van der Waals surface area contributed by atoms with Gasteiger partial charge in [-0.1, -0.05) is 224 Å². The Balaban J connectivity index is 0.998. The molecule has 6 heterocycles. The third-order valence-electron chi connectivity index (χ3n) is 18.6. The highest BCUT2D eigenvalue weighted by Crippen LogP contribution is 2.51. The minimum atomic E-state index is 0.137. The molecule has 0 N–H and O–H groups in total. The van der Waals surface area contributed by atoms with Crippen LogP contribution in [0.2, 0.25) is 0 Å². The van der Waals surface area contributed by atoms with Gasteiger partial charge in [0.2, 0.25) is 0 Å². The summed E-state index contributed by atoms with van der Waals surface area (Å²) in [7, 11) is 0. The molecule has 7 aromatic carbocycles. The highest BCUT2D eigenvalue weighted by Gasteiger charge is 2.34. The highest BCUT2D eigenvalue weighted by molar-refractivity contribution is 7.36. The first kappa shape index (κ1) is 59.7. The van der Waals surface area contributed by atoms with Crippen molar-refractivity contribution in [2.75, 3.05) is 0 Å². The summed E-state index contributed by atoms with van der Waals surface area (Å²) < 4.78 is 8.36. The van der Waals surface area contributed by atoms with E-state index < -0.39 is 0 Å². The zero-order valence-corrected chi connectivity index (χ0v) is 58.7. The highest BCUT2D eigenvalue weighted by atomic mass is 32.1. The summed E-state index contributed by atoms with van der Waals surface area (Å²) in [4.78, 5) is 8.04. The van der Waals surface area contributed by atoms with Crippen molar-refractivity contribution < 1.29 is 0 Å². The van der Waals surface area contributed by atoms with Crippen LogP contribution in [0.15, 0.2) is 127 Å². The molecule has 13 rings (SSSR count). The normalized spacial score (nSPS) is 11.8. The summed E-state index contributed by atoms with van der Waals surface area (Å²) in [5, 5.41) is 4.11. The maximum absolute atomic E-state index is 2.56. The second kappa shape index (κ2) is 22.9. The van der Waals surface area contributed by atoms with Crippen LogP contribution in [0.25, 0.3) is 59.5 Å². The van der Waals surface area contributed by atoms with Crippen molar-refractivity contribution in [2.24, 2.45) is 0 Å². The fourth-order valence-electron chi connectivity index (χ4n) is 15.7. The number of benzene rings is 7. The van der Waals surface area contributed by atoms with E-state index >= 15 is 0 Å². The van der Waals surface area contributed by atoms with E-state index in [4.69, 9.17) is 0 Å². The molecule has 0 radical (unpaired) electrons. The molecule has 0 bridgehead atoms. The molecular formula is C78H75B3S6. The van der Waals surface area contributed by atoms with Crippen LogP contribution in [-0.4, -0.2) is 20.1 Å². The van der Waals surface area contributed by atoms with Crippen LogP contribution >= 0.6 is 68.0 Å². The molecule has 0 fully saturated rings. The number of hydrogen-bond acceptors (Lipinski definition) is 6. The number of thiophene rings is 6. The van der Waals surface area contributed by atoms with Crippen LogP contribution in [0.1, 0.15) is 100 Å². The van der Waals surface area contributed by atoms with Gasteiger partial charge in [0.15, 0.2) is 0 Å². The Hall–Kier alpha value is -6.29. The zero-order chi connectivity index (χ0) is 61.3. The van der Waals surface area contributed by atoms with Crippen LogP contribution in [0.5, 0.6) is 0 Å². The third-order valence-corrected chi connectivity index (χ3v) is 26.1. The number of fused-ring (bicyclic) bond motifs is 6. The molecule has 0 aliphatic rings. The number of aryl methyl sites for hydroxylation is 18. The van der Waals surface area contributed by atoms with Gasteiger partial charge in [-0.3, -0.25) is 0 Å². The lowest BCUT2D eigenvalue weighted by atomic mass is 9.37. The van der Waals surface area contributed by atoms with E-state index in [0.29, 0.717) is 0 Å². The molecule has 0 saturated heterocycles. The summed E-state index contributed by atoms with van der Waals surface area (Å²) in [6.07, 6.45) is 0. The lowest BCUT2D eigenvalue weighted by Gasteiger charge is -2.23. The molecule has 9 heteroatoms. The Morgan fingerprint density at radius 1 is 0.195 bits per heavy atom.